The van der Waals surface area contributed by atoms with Crippen molar-refractivity contribution in [2.24, 2.45) is 0 Å². The number of fused-ring (bicyclic) bond motifs is 1. The van der Waals surface area contributed by atoms with Gasteiger partial charge in [-0.25, -0.2) is 4.39 Å². The molecule has 3 rings (SSSR count). The summed E-state index contributed by atoms with van der Waals surface area (Å²) < 4.78 is 13.8. The number of thioether (sulfide) groups is 1. The van der Waals surface area contributed by atoms with Crippen molar-refractivity contribution in [3.63, 3.8) is 0 Å². The van der Waals surface area contributed by atoms with Gasteiger partial charge in [-0.1, -0.05) is 17.7 Å². The number of halogens is 2. The Labute approximate surface area is 172 Å². The second-order valence-corrected chi connectivity index (χ2v) is 8.23. The molecule has 1 atom stereocenters. The molecule has 2 aromatic rings. The van der Waals surface area contributed by atoms with Crippen LogP contribution in [0.3, 0.4) is 0 Å². The fourth-order valence-corrected chi connectivity index (χ4v) is 4.19. The minimum absolute atomic E-state index is 0.0283. The van der Waals surface area contributed by atoms with Crippen molar-refractivity contribution in [1.82, 2.24) is 5.32 Å². The van der Waals surface area contributed by atoms with E-state index in [1.54, 1.807) is 30.3 Å². The molecule has 1 aliphatic heterocycles. The topological polar surface area (TPSA) is 70.2 Å². The molecule has 1 heterocycles. The highest BCUT2D eigenvalue weighted by Crippen LogP contribution is 2.30. The van der Waals surface area contributed by atoms with E-state index in [2.05, 4.69) is 16.0 Å². The predicted octanol–water partition coefficient (Wildman–Crippen LogP) is 4.28. The molecule has 1 aliphatic rings. The molecule has 1 unspecified atom stereocenters. The Bertz CT molecular complexity index is 887. The van der Waals surface area contributed by atoms with Crippen molar-refractivity contribution >= 4 is 46.6 Å². The Balaban J connectivity index is 1.63. The summed E-state index contributed by atoms with van der Waals surface area (Å²) in [6.07, 6.45) is 0. The quantitative estimate of drug-likeness (QED) is 0.651. The average molecular weight is 422 g/mol. The van der Waals surface area contributed by atoms with Crippen molar-refractivity contribution in [3.05, 3.63) is 58.4 Å². The highest BCUT2D eigenvalue weighted by Gasteiger charge is 2.26. The molecule has 0 fully saturated rings. The molecule has 148 valence electrons. The molecule has 0 bridgehead atoms. The Morgan fingerprint density at radius 3 is 2.79 bits per heavy atom. The first kappa shape index (κ1) is 20.5. The van der Waals surface area contributed by atoms with Gasteiger partial charge in [0.05, 0.1) is 11.4 Å². The van der Waals surface area contributed by atoms with Crippen LogP contribution in [0.1, 0.15) is 29.8 Å². The molecule has 0 saturated carbocycles. The zero-order chi connectivity index (χ0) is 20.3. The third-order valence-corrected chi connectivity index (χ3v) is 5.61. The van der Waals surface area contributed by atoms with E-state index in [1.807, 2.05) is 13.8 Å². The standard InChI is InChI=1S/C20H21ClFN3O2S/c1-11(2)23-19(26)12-6-7-16-17(8-12)25-20(27)18(24-16)10-28-9-13-14(21)4-3-5-15(13)22/h3-8,11,18,24H,9-10H2,1-2H3,(H,23,26)(H,25,27). The number of rotatable bonds is 6. The van der Waals surface area contributed by atoms with Crippen LogP contribution < -0.4 is 16.0 Å². The first-order valence-electron chi connectivity index (χ1n) is 8.88. The molecule has 2 aromatic carbocycles. The van der Waals surface area contributed by atoms with E-state index in [0.29, 0.717) is 33.3 Å². The summed E-state index contributed by atoms with van der Waals surface area (Å²) >= 11 is 7.46. The van der Waals surface area contributed by atoms with Crippen LogP contribution in [-0.2, 0) is 10.5 Å². The summed E-state index contributed by atoms with van der Waals surface area (Å²) in [5, 5.41) is 9.22. The number of amides is 2. The van der Waals surface area contributed by atoms with Crippen LogP contribution in [0, 0.1) is 5.82 Å². The van der Waals surface area contributed by atoms with Crippen LogP contribution in [0.2, 0.25) is 5.02 Å². The average Bonchev–Trinajstić information content (AvgIpc) is 2.63. The molecule has 0 aliphatic carbocycles. The highest BCUT2D eigenvalue weighted by molar-refractivity contribution is 7.98. The lowest BCUT2D eigenvalue weighted by Crippen LogP contribution is -2.40. The SMILES string of the molecule is CC(C)NC(=O)c1ccc2c(c1)NC(=O)C(CSCc1c(F)cccc1Cl)N2. The van der Waals surface area contributed by atoms with Gasteiger partial charge in [0.1, 0.15) is 11.9 Å². The molecule has 28 heavy (non-hydrogen) atoms. The largest absolute Gasteiger partial charge is 0.371 e. The predicted molar refractivity (Wildman–Crippen MR) is 113 cm³/mol. The summed E-state index contributed by atoms with van der Waals surface area (Å²) in [4.78, 5) is 24.5. The van der Waals surface area contributed by atoms with Crippen LogP contribution in [0.15, 0.2) is 36.4 Å². The normalized spacial score (nSPS) is 15.6. The monoisotopic (exact) mass is 421 g/mol. The minimum Gasteiger partial charge on any atom is -0.371 e. The van der Waals surface area contributed by atoms with Gasteiger partial charge in [-0.2, -0.15) is 11.8 Å². The highest BCUT2D eigenvalue weighted by atomic mass is 35.5. The fourth-order valence-electron chi connectivity index (χ4n) is 2.80. The Morgan fingerprint density at radius 1 is 1.29 bits per heavy atom. The number of nitrogens with one attached hydrogen (secondary N) is 3. The third kappa shape index (κ3) is 4.77. The Morgan fingerprint density at radius 2 is 2.07 bits per heavy atom. The van der Waals surface area contributed by atoms with Crippen molar-refractivity contribution in [2.45, 2.75) is 31.7 Å². The van der Waals surface area contributed by atoms with Crippen molar-refractivity contribution in [2.75, 3.05) is 16.4 Å². The molecule has 2 amide bonds. The first-order valence-corrected chi connectivity index (χ1v) is 10.4. The number of benzene rings is 2. The molecule has 0 spiro atoms. The Kier molecular flexibility index (Phi) is 6.46. The van der Waals surface area contributed by atoms with E-state index in [0.717, 1.165) is 5.69 Å². The maximum absolute atomic E-state index is 13.8. The first-order chi connectivity index (χ1) is 13.3. The summed E-state index contributed by atoms with van der Waals surface area (Å²) in [7, 11) is 0. The lowest BCUT2D eigenvalue weighted by molar-refractivity contribution is -0.116. The van der Waals surface area contributed by atoms with Gasteiger partial charge in [0, 0.05) is 33.7 Å². The molecular formula is C20H21ClFN3O2S. The number of carbonyl (C=O) groups is 2. The molecule has 0 aromatic heterocycles. The molecule has 0 saturated heterocycles. The summed E-state index contributed by atoms with van der Waals surface area (Å²) in [5.74, 6) is 0.0927. The van der Waals surface area contributed by atoms with Gasteiger partial charge in [-0.15, -0.1) is 0 Å². The van der Waals surface area contributed by atoms with Crippen LogP contribution >= 0.6 is 23.4 Å². The number of anilines is 2. The second-order valence-electron chi connectivity index (χ2n) is 6.79. The van der Waals surface area contributed by atoms with Crippen LogP contribution in [0.4, 0.5) is 15.8 Å². The summed E-state index contributed by atoms with van der Waals surface area (Å²) in [6.45, 7) is 3.77. The maximum Gasteiger partial charge on any atom is 0.251 e. The van der Waals surface area contributed by atoms with Gasteiger partial charge >= 0.3 is 0 Å². The summed E-state index contributed by atoms with van der Waals surface area (Å²) in [6, 6.07) is 9.29. The van der Waals surface area contributed by atoms with E-state index < -0.39 is 6.04 Å². The fraction of sp³-hybridized carbons (Fsp3) is 0.300. The maximum atomic E-state index is 13.8. The smallest absolute Gasteiger partial charge is 0.251 e. The number of carbonyl (C=O) groups excluding carboxylic acids is 2. The van der Waals surface area contributed by atoms with E-state index in [1.165, 1.54) is 17.8 Å². The van der Waals surface area contributed by atoms with E-state index in [-0.39, 0.29) is 23.7 Å². The van der Waals surface area contributed by atoms with E-state index in [9.17, 15) is 14.0 Å². The van der Waals surface area contributed by atoms with Crippen molar-refractivity contribution < 1.29 is 14.0 Å². The number of hydrogen-bond donors (Lipinski definition) is 3. The second kappa shape index (κ2) is 8.84. The van der Waals surface area contributed by atoms with Gasteiger partial charge in [0.2, 0.25) is 5.91 Å². The van der Waals surface area contributed by atoms with Crippen LogP contribution in [-0.4, -0.2) is 29.7 Å². The van der Waals surface area contributed by atoms with Gasteiger partial charge in [-0.05, 0) is 44.2 Å². The molecular weight excluding hydrogens is 401 g/mol. The van der Waals surface area contributed by atoms with Crippen molar-refractivity contribution in [3.8, 4) is 0 Å². The van der Waals surface area contributed by atoms with Crippen molar-refractivity contribution in [1.29, 1.82) is 0 Å². The summed E-state index contributed by atoms with van der Waals surface area (Å²) in [5.41, 5.74) is 2.23. The Hall–Kier alpha value is -2.25. The zero-order valence-corrected chi connectivity index (χ0v) is 17.1. The third-order valence-electron chi connectivity index (χ3n) is 4.20. The minimum atomic E-state index is -0.460. The van der Waals surface area contributed by atoms with E-state index >= 15 is 0 Å². The molecule has 8 heteroatoms. The molecule has 5 nitrogen and oxygen atoms in total. The number of hydrogen-bond acceptors (Lipinski definition) is 4. The van der Waals surface area contributed by atoms with Crippen LogP contribution in [0.5, 0.6) is 0 Å². The van der Waals surface area contributed by atoms with Gasteiger partial charge in [0.15, 0.2) is 0 Å². The lowest BCUT2D eigenvalue weighted by Gasteiger charge is -2.27. The van der Waals surface area contributed by atoms with E-state index in [4.69, 9.17) is 11.6 Å². The van der Waals surface area contributed by atoms with Gasteiger partial charge in [-0.3, -0.25) is 9.59 Å². The van der Waals surface area contributed by atoms with Gasteiger partial charge in [0.25, 0.3) is 5.91 Å². The zero-order valence-electron chi connectivity index (χ0n) is 15.5. The molecule has 0 radical (unpaired) electrons. The van der Waals surface area contributed by atoms with Gasteiger partial charge < -0.3 is 16.0 Å². The van der Waals surface area contributed by atoms with Crippen LogP contribution in [0.25, 0.3) is 0 Å². The lowest BCUT2D eigenvalue weighted by atomic mass is 10.1. The molecule has 3 N–H and O–H groups in total.